The summed E-state index contributed by atoms with van der Waals surface area (Å²) in [5, 5.41) is 2.11. The molecule has 34 heavy (non-hydrogen) atoms. The van der Waals surface area contributed by atoms with E-state index in [2.05, 4.69) is 99.6 Å². The van der Waals surface area contributed by atoms with Crippen molar-refractivity contribution in [1.29, 1.82) is 0 Å². The zero-order valence-corrected chi connectivity index (χ0v) is 20.7. The fourth-order valence-corrected chi connectivity index (χ4v) is 4.85. The molecule has 0 saturated carbocycles. The maximum Gasteiger partial charge on any atom is 0.216 e. The monoisotopic (exact) mass is 445 g/mol. The second kappa shape index (κ2) is 8.15. The van der Waals surface area contributed by atoms with E-state index in [9.17, 15) is 0 Å². The predicted molar refractivity (Wildman–Crippen MR) is 140 cm³/mol. The quantitative estimate of drug-likeness (QED) is 0.202. The SMILES string of the molecule is [C-]#[N+]c1ccc2c(oc3c(-c4ccc(C)c(C)[n+]4C)c(C)ccc32)c1-c1ccc(C(C)C)cc1. The van der Waals surface area contributed by atoms with Crippen molar-refractivity contribution < 1.29 is 8.98 Å². The molecule has 5 aromatic rings. The molecule has 0 aliphatic carbocycles. The number of fused-ring (bicyclic) bond motifs is 3. The van der Waals surface area contributed by atoms with Gasteiger partial charge in [0.15, 0.2) is 11.4 Å². The first kappa shape index (κ1) is 21.9. The molecule has 0 bridgehead atoms. The van der Waals surface area contributed by atoms with E-state index in [4.69, 9.17) is 11.0 Å². The van der Waals surface area contributed by atoms with Crippen LogP contribution in [0.5, 0.6) is 0 Å². The van der Waals surface area contributed by atoms with Crippen molar-refractivity contribution in [2.24, 2.45) is 7.05 Å². The Hall–Kier alpha value is -3.90. The van der Waals surface area contributed by atoms with Crippen LogP contribution in [0.4, 0.5) is 5.69 Å². The molecule has 5 rings (SSSR count). The largest absolute Gasteiger partial charge is 0.456 e. The molecular formula is C31H29N2O+. The Kier molecular flexibility index (Phi) is 5.25. The standard InChI is InChI=1S/C31H29N2O/c1-18(2)22-10-12-23(13-11-22)29-26(32-6)16-15-25-24-14-8-20(4)28(30(24)34-31(25)29)27-17-9-19(3)21(5)33(27)7/h8-18H,1-5,7H3/q+1. The average molecular weight is 446 g/mol. The van der Waals surface area contributed by atoms with Crippen LogP contribution in [0.2, 0.25) is 0 Å². The second-order valence-corrected chi connectivity index (χ2v) is 9.51. The molecule has 3 heteroatoms. The number of aryl methyl sites for hydroxylation is 2. The van der Waals surface area contributed by atoms with Gasteiger partial charge in [-0.2, -0.15) is 4.57 Å². The molecule has 0 atom stereocenters. The lowest BCUT2D eigenvalue weighted by Gasteiger charge is -2.09. The van der Waals surface area contributed by atoms with Crippen molar-refractivity contribution in [3.8, 4) is 22.4 Å². The summed E-state index contributed by atoms with van der Waals surface area (Å²) in [5.74, 6) is 0.459. The van der Waals surface area contributed by atoms with Crippen LogP contribution in [0.1, 0.15) is 42.1 Å². The Morgan fingerprint density at radius 1 is 0.765 bits per heavy atom. The first-order chi connectivity index (χ1) is 16.3. The highest BCUT2D eigenvalue weighted by atomic mass is 16.3. The smallest absolute Gasteiger partial charge is 0.216 e. The molecule has 0 fully saturated rings. The average Bonchev–Trinajstić information content (AvgIpc) is 3.21. The minimum Gasteiger partial charge on any atom is -0.456 e. The van der Waals surface area contributed by atoms with Gasteiger partial charge in [-0.3, -0.25) is 0 Å². The third-order valence-corrected chi connectivity index (χ3v) is 7.16. The summed E-state index contributed by atoms with van der Waals surface area (Å²) in [4.78, 5) is 3.84. The highest BCUT2D eigenvalue weighted by Crippen LogP contribution is 2.44. The summed E-state index contributed by atoms with van der Waals surface area (Å²) in [6.07, 6.45) is 0. The molecule has 2 heterocycles. The highest BCUT2D eigenvalue weighted by molar-refractivity contribution is 6.15. The summed E-state index contributed by atoms with van der Waals surface area (Å²) in [5.41, 5.74) is 11.3. The van der Waals surface area contributed by atoms with Crippen LogP contribution in [-0.2, 0) is 7.05 Å². The summed E-state index contributed by atoms with van der Waals surface area (Å²) < 4.78 is 8.93. The van der Waals surface area contributed by atoms with Gasteiger partial charge in [-0.1, -0.05) is 62.4 Å². The Morgan fingerprint density at radius 3 is 2.03 bits per heavy atom. The molecule has 3 aromatic carbocycles. The van der Waals surface area contributed by atoms with Gasteiger partial charge in [-0.05, 0) is 42.5 Å². The van der Waals surface area contributed by atoms with E-state index < -0.39 is 0 Å². The number of hydrogen-bond acceptors (Lipinski definition) is 1. The van der Waals surface area contributed by atoms with E-state index in [0.717, 1.165) is 44.3 Å². The number of hydrogen-bond donors (Lipinski definition) is 0. The lowest BCUT2D eigenvalue weighted by Crippen LogP contribution is -2.35. The summed E-state index contributed by atoms with van der Waals surface area (Å²) in [6, 6.07) is 21.1. The van der Waals surface area contributed by atoms with Crippen molar-refractivity contribution in [3.63, 3.8) is 0 Å². The molecule has 0 radical (unpaired) electrons. The van der Waals surface area contributed by atoms with E-state index in [1.165, 1.54) is 22.4 Å². The number of furan rings is 1. The van der Waals surface area contributed by atoms with E-state index in [0.29, 0.717) is 11.6 Å². The van der Waals surface area contributed by atoms with E-state index in [1.807, 2.05) is 12.1 Å². The summed E-state index contributed by atoms with van der Waals surface area (Å²) in [7, 11) is 2.11. The van der Waals surface area contributed by atoms with Crippen LogP contribution in [0.15, 0.2) is 65.1 Å². The van der Waals surface area contributed by atoms with Crippen LogP contribution in [0.3, 0.4) is 0 Å². The molecular weight excluding hydrogens is 416 g/mol. The van der Waals surface area contributed by atoms with Crippen molar-refractivity contribution in [3.05, 3.63) is 94.5 Å². The van der Waals surface area contributed by atoms with Gasteiger partial charge >= 0.3 is 0 Å². The predicted octanol–water partition coefficient (Wildman–Crippen LogP) is 8.34. The van der Waals surface area contributed by atoms with Gasteiger partial charge in [0.05, 0.1) is 12.1 Å². The maximum atomic E-state index is 7.82. The third kappa shape index (κ3) is 3.30. The molecule has 0 unspecified atom stereocenters. The fraction of sp³-hybridized carbons (Fsp3) is 0.226. The zero-order valence-electron chi connectivity index (χ0n) is 20.7. The molecule has 0 aliphatic heterocycles. The van der Waals surface area contributed by atoms with Gasteiger partial charge in [-0.15, -0.1) is 0 Å². The third-order valence-electron chi connectivity index (χ3n) is 7.16. The lowest BCUT2D eigenvalue weighted by molar-refractivity contribution is -0.667. The van der Waals surface area contributed by atoms with E-state index >= 15 is 0 Å². The molecule has 0 N–H and O–H groups in total. The Balaban J connectivity index is 1.85. The molecule has 168 valence electrons. The minimum absolute atomic E-state index is 0.459. The number of rotatable bonds is 3. The van der Waals surface area contributed by atoms with Crippen molar-refractivity contribution in [1.82, 2.24) is 0 Å². The topological polar surface area (TPSA) is 21.4 Å². The van der Waals surface area contributed by atoms with Crippen LogP contribution >= 0.6 is 0 Å². The first-order valence-electron chi connectivity index (χ1n) is 11.7. The second-order valence-electron chi connectivity index (χ2n) is 9.51. The van der Waals surface area contributed by atoms with Crippen LogP contribution < -0.4 is 4.57 Å². The van der Waals surface area contributed by atoms with Gasteiger partial charge in [0, 0.05) is 34.9 Å². The van der Waals surface area contributed by atoms with Gasteiger partial charge in [0.25, 0.3) is 0 Å². The maximum absolute atomic E-state index is 7.82. The van der Waals surface area contributed by atoms with Crippen LogP contribution in [0.25, 0.3) is 49.2 Å². The fourth-order valence-electron chi connectivity index (χ4n) is 4.85. The molecule has 3 nitrogen and oxygen atoms in total. The number of aromatic nitrogens is 1. The summed E-state index contributed by atoms with van der Waals surface area (Å²) >= 11 is 0. The van der Waals surface area contributed by atoms with Crippen molar-refractivity contribution in [2.45, 2.75) is 40.5 Å². The minimum atomic E-state index is 0.459. The van der Waals surface area contributed by atoms with E-state index in [-0.39, 0.29) is 0 Å². The zero-order chi connectivity index (χ0) is 24.1. The van der Waals surface area contributed by atoms with Crippen LogP contribution in [0, 0.1) is 27.3 Å². The first-order valence-corrected chi connectivity index (χ1v) is 11.7. The van der Waals surface area contributed by atoms with E-state index in [1.54, 1.807) is 0 Å². The molecule has 0 amide bonds. The van der Waals surface area contributed by atoms with Crippen molar-refractivity contribution in [2.75, 3.05) is 0 Å². The number of nitrogens with zero attached hydrogens (tertiary/aromatic N) is 2. The molecule has 0 aliphatic rings. The van der Waals surface area contributed by atoms with Crippen molar-refractivity contribution >= 4 is 27.6 Å². The Morgan fingerprint density at radius 2 is 1.38 bits per heavy atom. The number of benzene rings is 3. The van der Waals surface area contributed by atoms with Gasteiger partial charge in [0.1, 0.15) is 18.2 Å². The molecule has 0 saturated heterocycles. The summed E-state index contributed by atoms with van der Waals surface area (Å²) in [6.45, 7) is 18.6. The molecule has 0 spiro atoms. The Bertz CT molecular complexity index is 1610. The number of pyridine rings is 1. The van der Waals surface area contributed by atoms with Gasteiger partial charge in [-0.25, -0.2) is 4.85 Å². The van der Waals surface area contributed by atoms with Gasteiger partial charge < -0.3 is 4.42 Å². The Labute approximate surface area is 201 Å². The molecule has 2 aromatic heterocycles. The lowest BCUT2D eigenvalue weighted by atomic mass is 9.96. The normalized spacial score (nSPS) is 11.5. The van der Waals surface area contributed by atoms with Gasteiger partial charge in [0.2, 0.25) is 5.69 Å². The van der Waals surface area contributed by atoms with Crippen LogP contribution in [-0.4, -0.2) is 0 Å². The highest BCUT2D eigenvalue weighted by Gasteiger charge is 2.24.